The summed E-state index contributed by atoms with van der Waals surface area (Å²) in [6.07, 6.45) is 0.314. The molecule has 0 fully saturated rings. The first-order valence-corrected chi connectivity index (χ1v) is 14.7. The van der Waals surface area contributed by atoms with Gasteiger partial charge < -0.3 is 8.92 Å². The molecule has 4 aromatic carbocycles. The molecule has 38 heavy (non-hydrogen) atoms. The molecule has 0 saturated heterocycles. The van der Waals surface area contributed by atoms with Gasteiger partial charge in [0.1, 0.15) is 23.2 Å². The number of hydrogen-bond acceptors (Lipinski definition) is 5. The third kappa shape index (κ3) is 5.44. The highest BCUT2D eigenvalue weighted by Crippen LogP contribution is 2.60. The zero-order valence-electron chi connectivity index (χ0n) is 20.1. The standard InChI is InChI=1S/C28H23F3O5PS/c1-35-27(32)22-18-16-21(17-19-22)20-37(23-10-4-2-5-11-23,24-12-6-3-7-13-24)26-15-9-8-14-25(26)36-38(33,34)28(29,30)31/h2-19H,20H2,1H3/q+1. The van der Waals surface area contributed by atoms with Crippen LogP contribution in [0.1, 0.15) is 15.9 Å². The number of ether oxygens (including phenoxy) is 1. The molecule has 0 unspecified atom stereocenters. The highest BCUT2D eigenvalue weighted by molar-refractivity contribution is 7.95. The Hall–Kier alpha value is -3.68. The Labute approximate surface area is 219 Å². The van der Waals surface area contributed by atoms with E-state index in [2.05, 4.69) is 0 Å². The molecule has 0 atom stereocenters. The molecule has 0 amide bonds. The molecule has 4 aromatic rings. The molecule has 0 aromatic heterocycles. The van der Waals surface area contributed by atoms with Crippen LogP contribution < -0.4 is 20.1 Å². The summed E-state index contributed by atoms with van der Waals surface area (Å²) in [5.74, 6) is -0.892. The van der Waals surface area contributed by atoms with E-state index in [1.807, 2.05) is 60.7 Å². The molecule has 0 spiro atoms. The molecule has 5 nitrogen and oxygen atoms in total. The van der Waals surface area contributed by atoms with E-state index in [9.17, 15) is 26.4 Å². The van der Waals surface area contributed by atoms with Gasteiger partial charge in [-0.15, -0.1) is 0 Å². The second-order valence-electron chi connectivity index (χ2n) is 8.28. The largest absolute Gasteiger partial charge is 0.534 e. The first-order chi connectivity index (χ1) is 18.1. The van der Waals surface area contributed by atoms with E-state index >= 15 is 0 Å². The topological polar surface area (TPSA) is 69.7 Å². The number of para-hydroxylation sites is 1. The van der Waals surface area contributed by atoms with Gasteiger partial charge in [0.05, 0.1) is 18.8 Å². The molecule has 0 bridgehead atoms. The van der Waals surface area contributed by atoms with Crippen molar-refractivity contribution in [2.45, 2.75) is 11.7 Å². The van der Waals surface area contributed by atoms with Crippen molar-refractivity contribution in [2.24, 2.45) is 0 Å². The molecule has 0 heterocycles. The molecule has 0 aliphatic carbocycles. The number of benzene rings is 4. The van der Waals surface area contributed by atoms with Crippen LogP contribution in [0.5, 0.6) is 5.75 Å². The summed E-state index contributed by atoms with van der Waals surface area (Å²) in [6, 6.07) is 31.1. The molecule has 10 heteroatoms. The fraction of sp³-hybridized carbons (Fsp3) is 0.107. The number of carbonyl (C=O) groups is 1. The van der Waals surface area contributed by atoms with Gasteiger partial charge in [-0.3, -0.25) is 0 Å². The van der Waals surface area contributed by atoms with Crippen LogP contribution in [0.15, 0.2) is 109 Å². The molecule has 0 radical (unpaired) electrons. The zero-order chi connectivity index (χ0) is 27.4. The van der Waals surface area contributed by atoms with Crippen molar-refractivity contribution < 1.29 is 35.3 Å². The van der Waals surface area contributed by atoms with Gasteiger partial charge >= 0.3 is 21.6 Å². The average Bonchev–Trinajstić information content (AvgIpc) is 2.92. The maximum absolute atomic E-state index is 13.3. The summed E-state index contributed by atoms with van der Waals surface area (Å²) in [4.78, 5) is 12.0. The number of esters is 1. The Morgan fingerprint density at radius 1 is 0.763 bits per heavy atom. The Balaban J connectivity index is 1.99. The smallest absolute Gasteiger partial charge is 0.465 e. The number of halogens is 3. The predicted molar refractivity (Wildman–Crippen MR) is 142 cm³/mol. The van der Waals surface area contributed by atoms with E-state index in [1.54, 1.807) is 36.4 Å². The highest BCUT2D eigenvalue weighted by atomic mass is 32.2. The summed E-state index contributed by atoms with van der Waals surface area (Å²) >= 11 is 0. The van der Waals surface area contributed by atoms with Crippen molar-refractivity contribution in [3.63, 3.8) is 0 Å². The molecule has 0 aliphatic heterocycles. The quantitative estimate of drug-likeness (QED) is 0.129. The van der Waals surface area contributed by atoms with Crippen LogP contribution in [-0.4, -0.2) is 27.0 Å². The van der Waals surface area contributed by atoms with E-state index in [1.165, 1.54) is 19.2 Å². The second kappa shape index (κ2) is 11.0. The van der Waals surface area contributed by atoms with Crippen molar-refractivity contribution in [2.75, 3.05) is 7.11 Å². The fourth-order valence-electron chi connectivity index (χ4n) is 4.21. The summed E-state index contributed by atoms with van der Waals surface area (Å²) in [7, 11) is -7.51. The van der Waals surface area contributed by atoms with E-state index in [4.69, 9.17) is 8.92 Å². The van der Waals surface area contributed by atoms with Crippen LogP contribution in [0.2, 0.25) is 0 Å². The van der Waals surface area contributed by atoms with Crippen LogP contribution in [-0.2, 0) is 21.0 Å². The lowest BCUT2D eigenvalue weighted by Gasteiger charge is -2.29. The van der Waals surface area contributed by atoms with E-state index in [0.29, 0.717) is 17.0 Å². The molecular weight excluding hydrogens is 536 g/mol. The van der Waals surface area contributed by atoms with Gasteiger partial charge in [-0.2, -0.15) is 21.6 Å². The lowest BCUT2D eigenvalue weighted by molar-refractivity contribution is -0.0499. The van der Waals surface area contributed by atoms with Crippen molar-refractivity contribution >= 4 is 39.3 Å². The summed E-state index contributed by atoms with van der Waals surface area (Å²) in [5, 5.41) is 1.95. The van der Waals surface area contributed by atoms with Crippen molar-refractivity contribution in [3.05, 3.63) is 120 Å². The zero-order valence-corrected chi connectivity index (χ0v) is 21.8. The minimum Gasteiger partial charge on any atom is -0.465 e. The van der Waals surface area contributed by atoms with Crippen LogP contribution in [0, 0.1) is 0 Å². The number of alkyl halides is 3. The normalized spacial score (nSPS) is 12.1. The van der Waals surface area contributed by atoms with Crippen molar-refractivity contribution in [3.8, 4) is 5.75 Å². The molecule has 196 valence electrons. The maximum Gasteiger partial charge on any atom is 0.534 e. The first kappa shape index (κ1) is 27.4. The van der Waals surface area contributed by atoms with Gasteiger partial charge in [-0.05, 0) is 54.1 Å². The summed E-state index contributed by atoms with van der Waals surface area (Å²) in [5.41, 5.74) is -4.46. The van der Waals surface area contributed by atoms with E-state index in [-0.39, 0.29) is 0 Å². The summed E-state index contributed by atoms with van der Waals surface area (Å²) in [6.45, 7) is 0. The predicted octanol–water partition coefficient (Wildman–Crippen LogP) is 5.20. The molecule has 0 saturated carbocycles. The van der Waals surface area contributed by atoms with E-state index in [0.717, 1.165) is 16.2 Å². The van der Waals surface area contributed by atoms with Crippen molar-refractivity contribution in [1.29, 1.82) is 0 Å². The minimum absolute atomic E-state index is 0.314. The Kier molecular flexibility index (Phi) is 7.90. The number of carbonyl (C=O) groups excluding carboxylic acids is 1. The van der Waals surface area contributed by atoms with Gasteiger partial charge in [0.2, 0.25) is 0 Å². The van der Waals surface area contributed by atoms with Gasteiger partial charge in [0.15, 0.2) is 5.75 Å². The maximum atomic E-state index is 13.3. The van der Waals surface area contributed by atoms with Crippen LogP contribution >= 0.6 is 7.26 Å². The van der Waals surface area contributed by atoms with E-state index < -0.39 is 34.6 Å². The molecule has 0 N–H and O–H groups in total. The minimum atomic E-state index is -5.92. The number of methoxy groups -OCH3 is 1. The molecule has 0 aliphatic rings. The first-order valence-electron chi connectivity index (χ1n) is 11.4. The SMILES string of the molecule is COC(=O)c1ccc(C[P+](c2ccccc2)(c2ccccc2)c2ccccc2OS(=O)(=O)C(F)(F)F)cc1. The van der Waals surface area contributed by atoms with Crippen LogP contribution in [0.25, 0.3) is 0 Å². The third-order valence-electron chi connectivity index (χ3n) is 5.95. The lowest BCUT2D eigenvalue weighted by Crippen LogP contribution is -2.35. The Bertz CT molecular complexity index is 1470. The van der Waals surface area contributed by atoms with Crippen LogP contribution in [0.4, 0.5) is 13.2 Å². The summed E-state index contributed by atoms with van der Waals surface area (Å²) < 4.78 is 73.7. The number of rotatable bonds is 8. The molecular formula is C28H23F3O5PS+. The Morgan fingerprint density at radius 3 is 1.76 bits per heavy atom. The average molecular weight is 560 g/mol. The monoisotopic (exact) mass is 559 g/mol. The lowest BCUT2D eigenvalue weighted by atomic mass is 10.1. The van der Waals surface area contributed by atoms with Gasteiger partial charge in [0.25, 0.3) is 0 Å². The van der Waals surface area contributed by atoms with Crippen molar-refractivity contribution in [1.82, 2.24) is 0 Å². The van der Waals surface area contributed by atoms with Gasteiger partial charge in [-0.25, -0.2) is 4.79 Å². The third-order valence-corrected chi connectivity index (χ3v) is 11.3. The van der Waals surface area contributed by atoms with Crippen LogP contribution in [0.3, 0.4) is 0 Å². The highest BCUT2D eigenvalue weighted by Gasteiger charge is 2.52. The second-order valence-corrected chi connectivity index (χ2v) is 13.3. The fourth-order valence-corrected chi connectivity index (χ4v) is 9.09. The molecule has 4 rings (SSSR count). The van der Waals surface area contributed by atoms with Gasteiger partial charge in [-0.1, -0.05) is 60.7 Å². The van der Waals surface area contributed by atoms with Gasteiger partial charge in [0, 0.05) is 0 Å². The Morgan fingerprint density at radius 2 is 1.26 bits per heavy atom. The number of hydrogen-bond donors (Lipinski definition) is 0.